The lowest BCUT2D eigenvalue weighted by molar-refractivity contribution is 0.102. The van der Waals surface area contributed by atoms with Crippen molar-refractivity contribution in [3.05, 3.63) is 45.9 Å². The zero-order valence-electron chi connectivity index (χ0n) is 13.1. The molecule has 0 aliphatic carbocycles. The Hall–Kier alpha value is -2.35. The molecule has 2 aromatic rings. The lowest BCUT2D eigenvalue weighted by atomic mass is 10.1. The van der Waals surface area contributed by atoms with Crippen molar-refractivity contribution < 1.29 is 27.8 Å². The van der Waals surface area contributed by atoms with Gasteiger partial charge in [0.05, 0.1) is 37.1 Å². The molecule has 0 spiro atoms. The number of anilines is 1. The van der Waals surface area contributed by atoms with Crippen LogP contribution in [0.5, 0.6) is 17.2 Å². The molecule has 128 valence electrons. The minimum Gasteiger partial charge on any atom is -0.493 e. The van der Waals surface area contributed by atoms with Crippen molar-refractivity contribution in [1.82, 2.24) is 0 Å². The summed E-state index contributed by atoms with van der Waals surface area (Å²) >= 11 is 3.27. The number of halogens is 3. The van der Waals surface area contributed by atoms with Crippen molar-refractivity contribution in [1.29, 1.82) is 0 Å². The fourth-order valence-electron chi connectivity index (χ4n) is 2.07. The predicted octanol–water partition coefficient (Wildman–Crippen LogP) is 4.01. The van der Waals surface area contributed by atoms with E-state index in [1.807, 2.05) is 0 Å². The van der Waals surface area contributed by atoms with Gasteiger partial charge in [-0.1, -0.05) is 0 Å². The summed E-state index contributed by atoms with van der Waals surface area (Å²) in [4.78, 5) is 12.5. The number of carbonyl (C=O) groups is 1. The molecule has 24 heavy (non-hydrogen) atoms. The van der Waals surface area contributed by atoms with Gasteiger partial charge in [0, 0.05) is 6.07 Å². The second-order valence-electron chi connectivity index (χ2n) is 4.59. The van der Waals surface area contributed by atoms with Gasteiger partial charge < -0.3 is 19.5 Å². The lowest BCUT2D eigenvalue weighted by Crippen LogP contribution is -2.14. The van der Waals surface area contributed by atoms with Crippen molar-refractivity contribution in [2.45, 2.75) is 0 Å². The van der Waals surface area contributed by atoms with Crippen LogP contribution in [0.15, 0.2) is 28.7 Å². The SMILES string of the molecule is COc1cc(C(=O)Nc2ccc(F)cc2F)c(Br)c(OC)c1OC. The van der Waals surface area contributed by atoms with E-state index in [9.17, 15) is 13.6 Å². The highest BCUT2D eigenvalue weighted by atomic mass is 79.9. The fourth-order valence-corrected chi connectivity index (χ4v) is 2.70. The molecule has 0 heterocycles. The molecular formula is C16H14BrF2NO4. The van der Waals surface area contributed by atoms with E-state index in [0.29, 0.717) is 16.3 Å². The van der Waals surface area contributed by atoms with Crippen molar-refractivity contribution in [3.63, 3.8) is 0 Å². The molecule has 0 aromatic heterocycles. The molecule has 2 rings (SSSR count). The summed E-state index contributed by atoms with van der Waals surface area (Å²) in [6.07, 6.45) is 0. The van der Waals surface area contributed by atoms with Gasteiger partial charge in [-0.15, -0.1) is 0 Å². The van der Waals surface area contributed by atoms with Gasteiger partial charge in [-0.2, -0.15) is 0 Å². The lowest BCUT2D eigenvalue weighted by Gasteiger charge is -2.16. The number of carbonyl (C=O) groups excluding carboxylic acids is 1. The first-order chi connectivity index (χ1) is 11.4. The summed E-state index contributed by atoms with van der Waals surface area (Å²) in [6, 6.07) is 4.28. The minimum atomic E-state index is -0.882. The summed E-state index contributed by atoms with van der Waals surface area (Å²) in [5.41, 5.74) is -0.0183. The quantitative estimate of drug-likeness (QED) is 0.822. The number of nitrogens with one attached hydrogen (secondary N) is 1. The van der Waals surface area contributed by atoms with Crippen LogP contribution in [0.25, 0.3) is 0 Å². The van der Waals surface area contributed by atoms with Crippen LogP contribution in [0.2, 0.25) is 0 Å². The van der Waals surface area contributed by atoms with Gasteiger partial charge >= 0.3 is 0 Å². The van der Waals surface area contributed by atoms with Crippen LogP contribution >= 0.6 is 15.9 Å². The van der Waals surface area contributed by atoms with E-state index in [1.54, 1.807) is 0 Å². The molecule has 0 unspecified atom stereocenters. The Labute approximate surface area is 145 Å². The van der Waals surface area contributed by atoms with Crippen LogP contribution in [0.4, 0.5) is 14.5 Å². The Morgan fingerprint density at radius 1 is 1.04 bits per heavy atom. The average Bonchev–Trinajstić information content (AvgIpc) is 2.56. The van der Waals surface area contributed by atoms with Gasteiger partial charge in [0.25, 0.3) is 5.91 Å². The Morgan fingerprint density at radius 2 is 1.71 bits per heavy atom. The van der Waals surface area contributed by atoms with Crippen LogP contribution < -0.4 is 19.5 Å². The molecule has 0 atom stereocenters. The van der Waals surface area contributed by atoms with Crippen LogP contribution in [0, 0.1) is 11.6 Å². The fraction of sp³-hybridized carbons (Fsp3) is 0.188. The summed E-state index contributed by atoms with van der Waals surface area (Å²) in [5, 5.41) is 2.37. The number of amides is 1. The largest absolute Gasteiger partial charge is 0.493 e. The number of rotatable bonds is 5. The number of hydrogen-bond donors (Lipinski definition) is 1. The van der Waals surface area contributed by atoms with E-state index in [0.717, 1.165) is 12.1 Å². The van der Waals surface area contributed by atoms with Crippen LogP contribution in [0.3, 0.4) is 0 Å². The maximum atomic E-state index is 13.7. The van der Waals surface area contributed by atoms with Gasteiger partial charge in [-0.05, 0) is 34.1 Å². The number of methoxy groups -OCH3 is 3. The first kappa shape index (κ1) is 18.0. The van der Waals surface area contributed by atoms with Crippen LogP contribution in [-0.4, -0.2) is 27.2 Å². The molecular weight excluding hydrogens is 388 g/mol. The Kier molecular flexibility index (Phi) is 5.61. The molecule has 0 fully saturated rings. The molecule has 5 nitrogen and oxygen atoms in total. The maximum absolute atomic E-state index is 13.7. The number of benzene rings is 2. The first-order valence-corrected chi connectivity index (χ1v) is 7.47. The number of hydrogen-bond acceptors (Lipinski definition) is 4. The molecule has 0 radical (unpaired) electrons. The van der Waals surface area contributed by atoms with Crippen molar-refractivity contribution in [2.75, 3.05) is 26.6 Å². The van der Waals surface area contributed by atoms with Crippen LogP contribution in [-0.2, 0) is 0 Å². The third-order valence-electron chi connectivity index (χ3n) is 3.19. The second-order valence-corrected chi connectivity index (χ2v) is 5.38. The van der Waals surface area contributed by atoms with Gasteiger partial charge in [0.2, 0.25) is 5.75 Å². The van der Waals surface area contributed by atoms with Gasteiger partial charge in [0.15, 0.2) is 11.5 Å². The van der Waals surface area contributed by atoms with Gasteiger partial charge in [-0.3, -0.25) is 4.79 Å². The summed E-state index contributed by atoms with van der Waals surface area (Å²) in [5.74, 6) is -1.43. The minimum absolute atomic E-state index is 0.133. The molecule has 2 aromatic carbocycles. The molecule has 0 saturated carbocycles. The monoisotopic (exact) mass is 401 g/mol. The zero-order chi connectivity index (χ0) is 17.9. The smallest absolute Gasteiger partial charge is 0.257 e. The first-order valence-electron chi connectivity index (χ1n) is 6.67. The highest BCUT2D eigenvalue weighted by Crippen LogP contribution is 2.44. The molecule has 0 saturated heterocycles. The van der Waals surface area contributed by atoms with Crippen molar-refractivity contribution in [2.24, 2.45) is 0 Å². The third kappa shape index (κ3) is 3.43. The number of ether oxygens (including phenoxy) is 3. The van der Waals surface area contributed by atoms with E-state index < -0.39 is 17.5 Å². The Balaban J connectivity index is 2.45. The predicted molar refractivity (Wildman–Crippen MR) is 88.1 cm³/mol. The van der Waals surface area contributed by atoms with E-state index >= 15 is 0 Å². The molecule has 1 amide bonds. The normalized spacial score (nSPS) is 10.2. The maximum Gasteiger partial charge on any atom is 0.257 e. The highest BCUT2D eigenvalue weighted by Gasteiger charge is 2.23. The molecule has 1 N–H and O–H groups in total. The van der Waals surface area contributed by atoms with Crippen molar-refractivity contribution in [3.8, 4) is 17.2 Å². The topological polar surface area (TPSA) is 56.8 Å². The average molecular weight is 402 g/mol. The molecule has 0 bridgehead atoms. The standard InChI is InChI=1S/C16H14BrF2NO4/c1-22-12-7-9(13(17)15(24-3)14(12)23-2)16(21)20-11-5-4-8(18)6-10(11)19/h4-7H,1-3H3,(H,20,21). The zero-order valence-corrected chi connectivity index (χ0v) is 14.7. The summed E-state index contributed by atoms with van der Waals surface area (Å²) < 4.78 is 42.6. The van der Waals surface area contributed by atoms with E-state index in [2.05, 4.69) is 21.2 Å². The van der Waals surface area contributed by atoms with E-state index in [-0.39, 0.29) is 22.7 Å². The molecule has 8 heteroatoms. The van der Waals surface area contributed by atoms with E-state index in [1.165, 1.54) is 27.4 Å². The summed E-state index contributed by atoms with van der Waals surface area (Å²) in [7, 11) is 4.25. The second kappa shape index (κ2) is 7.48. The summed E-state index contributed by atoms with van der Waals surface area (Å²) in [6.45, 7) is 0. The Bertz CT molecular complexity index is 783. The third-order valence-corrected chi connectivity index (χ3v) is 3.98. The Morgan fingerprint density at radius 3 is 2.25 bits per heavy atom. The van der Waals surface area contributed by atoms with Gasteiger partial charge in [-0.25, -0.2) is 8.78 Å². The van der Waals surface area contributed by atoms with Crippen molar-refractivity contribution >= 4 is 27.5 Å². The van der Waals surface area contributed by atoms with Gasteiger partial charge in [0.1, 0.15) is 11.6 Å². The molecule has 0 aliphatic heterocycles. The highest BCUT2D eigenvalue weighted by molar-refractivity contribution is 9.10. The molecule has 0 aliphatic rings. The van der Waals surface area contributed by atoms with E-state index in [4.69, 9.17) is 14.2 Å². The van der Waals surface area contributed by atoms with Crippen LogP contribution in [0.1, 0.15) is 10.4 Å².